The minimum absolute atomic E-state index is 0.0272. The highest BCUT2D eigenvalue weighted by Crippen LogP contribution is 2.36. The van der Waals surface area contributed by atoms with Gasteiger partial charge in [-0.2, -0.15) is 30.6 Å². The van der Waals surface area contributed by atoms with Crippen LogP contribution in [0.15, 0.2) is 60.8 Å². The number of pyridine rings is 1. The van der Waals surface area contributed by atoms with Crippen molar-refractivity contribution >= 4 is 27.9 Å². The van der Waals surface area contributed by atoms with Crippen LogP contribution in [-0.4, -0.2) is 49.2 Å². The summed E-state index contributed by atoms with van der Waals surface area (Å²) in [5, 5.41) is 9.21. The van der Waals surface area contributed by atoms with Crippen LogP contribution in [0.25, 0.3) is 0 Å². The number of ether oxygens (including phenoxy) is 3. The van der Waals surface area contributed by atoms with E-state index in [9.17, 15) is 31.5 Å². The molecule has 15 heteroatoms. The zero-order valence-electron chi connectivity index (χ0n) is 20.3. The summed E-state index contributed by atoms with van der Waals surface area (Å²) in [6.07, 6.45) is -5.97. The molecule has 0 bridgehead atoms. The molecule has 0 aliphatic rings. The topological polar surface area (TPSA) is 127 Å². The number of aromatic nitrogens is 1. The number of nitrogens with zero attached hydrogens (tertiary/aromatic N) is 2. The number of carboxylic acid groups (broad SMARTS) is 1. The van der Waals surface area contributed by atoms with Gasteiger partial charge in [0.2, 0.25) is 5.88 Å². The third-order valence-corrected chi connectivity index (χ3v) is 6.70. The summed E-state index contributed by atoms with van der Waals surface area (Å²) in [6.45, 7) is -0.519. The number of nitrogens with one attached hydrogen (secondary N) is 1. The summed E-state index contributed by atoms with van der Waals surface area (Å²) in [4.78, 5) is 15.6. The SMILES string of the molecule is COCCOc1ccc(CN(C(=O)O)S(=O)(=O)NCc2ccccc2)c(Oc2ncc(C(F)(F)F)cc2Cl)c1. The lowest BCUT2D eigenvalue weighted by molar-refractivity contribution is -0.137. The molecule has 2 N–H and O–H groups in total. The average Bonchev–Trinajstić information content (AvgIpc) is 2.88. The molecule has 0 aliphatic heterocycles. The van der Waals surface area contributed by atoms with Crippen molar-refractivity contribution in [3.8, 4) is 17.4 Å². The van der Waals surface area contributed by atoms with Gasteiger partial charge in [-0.25, -0.2) is 9.78 Å². The summed E-state index contributed by atoms with van der Waals surface area (Å²) < 4.78 is 83.2. The molecule has 1 aromatic heterocycles. The second-order valence-electron chi connectivity index (χ2n) is 7.82. The average molecular weight is 590 g/mol. The van der Waals surface area contributed by atoms with Crippen molar-refractivity contribution in [2.24, 2.45) is 0 Å². The molecule has 10 nitrogen and oxygen atoms in total. The Balaban J connectivity index is 1.92. The molecule has 0 radical (unpaired) electrons. The third-order valence-electron chi connectivity index (χ3n) is 5.06. The first-order chi connectivity index (χ1) is 18.4. The summed E-state index contributed by atoms with van der Waals surface area (Å²) >= 11 is 5.96. The van der Waals surface area contributed by atoms with Crippen LogP contribution in [0.1, 0.15) is 16.7 Å². The fraction of sp³-hybridized carbons (Fsp3) is 0.250. The third kappa shape index (κ3) is 8.45. The molecule has 1 amide bonds. The van der Waals surface area contributed by atoms with Crippen LogP contribution in [0.2, 0.25) is 5.02 Å². The molecule has 3 aromatic rings. The largest absolute Gasteiger partial charge is 0.491 e. The first kappa shape index (κ1) is 30.0. The minimum Gasteiger partial charge on any atom is -0.491 e. The van der Waals surface area contributed by atoms with Gasteiger partial charge < -0.3 is 19.3 Å². The van der Waals surface area contributed by atoms with Gasteiger partial charge in [-0.1, -0.05) is 41.9 Å². The van der Waals surface area contributed by atoms with Crippen molar-refractivity contribution in [2.45, 2.75) is 19.3 Å². The van der Waals surface area contributed by atoms with Crippen molar-refractivity contribution < 1.29 is 45.7 Å². The lowest BCUT2D eigenvalue weighted by Crippen LogP contribution is -2.43. The van der Waals surface area contributed by atoms with E-state index >= 15 is 0 Å². The standard InChI is InChI=1S/C24H23ClF3N3O7S/c1-36-9-10-37-19-8-7-17(21(12-19)38-22-20(25)11-18(14-29-22)24(26,27)28)15-31(23(32)33)39(34,35)30-13-16-5-3-2-4-6-16/h2-8,11-12,14,30H,9-10,13,15H2,1H3,(H,32,33). The molecule has 0 saturated carbocycles. The fourth-order valence-corrected chi connectivity index (χ4v) is 4.34. The van der Waals surface area contributed by atoms with Crippen LogP contribution < -0.4 is 14.2 Å². The van der Waals surface area contributed by atoms with Gasteiger partial charge in [0.05, 0.1) is 18.7 Å². The summed E-state index contributed by atoms with van der Waals surface area (Å²) in [7, 11) is -3.09. The molecule has 2 aromatic carbocycles. The number of amides is 1. The molecule has 39 heavy (non-hydrogen) atoms. The molecule has 0 saturated heterocycles. The predicted molar refractivity (Wildman–Crippen MR) is 134 cm³/mol. The second-order valence-corrected chi connectivity index (χ2v) is 9.91. The van der Waals surface area contributed by atoms with Gasteiger partial charge in [0.1, 0.15) is 23.1 Å². The molecule has 0 aliphatic carbocycles. The van der Waals surface area contributed by atoms with Gasteiger partial charge >= 0.3 is 22.5 Å². The summed E-state index contributed by atoms with van der Waals surface area (Å²) in [5.74, 6) is -0.351. The number of methoxy groups -OCH3 is 1. The normalized spacial score (nSPS) is 11.7. The van der Waals surface area contributed by atoms with Gasteiger partial charge in [-0.05, 0) is 23.8 Å². The number of rotatable bonds is 12. The van der Waals surface area contributed by atoms with Gasteiger partial charge in [0, 0.05) is 31.5 Å². The molecule has 0 unspecified atom stereocenters. The van der Waals surface area contributed by atoms with Crippen molar-refractivity contribution in [2.75, 3.05) is 20.3 Å². The molecular formula is C24H23ClF3N3O7S. The lowest BCUT2D eigenvalue weighted by atomic mass is 10.2. The van der Waals surface area contributed by atoms with Crippen LogP contribution in [-0.2, 0) is 34.2 Å². The Labute approximate surface area is 227 Å². The zero-order valence-corrected chi connectivity index (χ0v) is 21.9. The number of benzene rings is 2. The van der Waals surface area contributed by atoms with Crippen molar-refractivity contribution in [1.82, 2.24) is 14.0 Å². The molecule has 0 spiro atoms. The highest BCUT2D eigenvalue weighted by molar-refractivity contribution is 7.87. The van der Waals surface area contributed by atoms with Crippen LogP contribution in [0, 0.1) is 0 Å². The molecule has 210 valence electrons. The Morgan fingerprint density at radius 1 is 1.13 bits per heavy atom. The van der Waals surface area contributed by atoms with Crippen molar-refractivity contribution in [3.63, 3.8) is 0 Å². The maximum Gasteiger partial charge on any atom is 0.422 e. The molecular weight excluding hydrogens is 567 g/mol. The number of carbonyl (C=O) groups is 1. The van der Waals surface area contributed by atoms with Crippen LogP contribution in [0.4, 0.5) is 18.0 Å². The predicted octanol–water partition coefficient (Wildman–Crippen LogP) is 5.09. The highest BCUT2D eigenvalue weighted by atomic mass is 35.5. The Morgan fingerprint density at radius 3 is 2.46 bits per heavy atom. The summed E-state index contributed by atoms with van der Waals surface area (Å²) in [6, 6.07) is 13.1. The Morgan fingerprint density at radius 2 is 1.85 bits per heavy atom. The minimum atomic E-state index is -4.70. The van der Waals surface area contributed by atoms with E-state index < -0.39 is 45.5 Å². The van der Waals surface area contributed by atoms with Gasteiger partial charge in [-0.15, -0.1) is 0 Å². The van der Waals surface area contributed by atoms with Crippen molar-refractivity contribution in [1.29, 1.82) is 0 Å². The van der Waals surface area contributed by atoms with E-state index in [1.165, 1.54) is 25.3 Å². The Hall–Kier alpha value is -3.59. The molecule has 3 rings (SSSR count). The first-order valence-electron chi connectivity index (χ1n) is 11.1. The van der Waals surface area contributed by atoms with Gasteiger partial charge in [0.15, 0.2) is 0 Å². The van der Waals surface area contributed by atoms with E-state index in [1.54, 1.807) is 30.3 Å². The van der Waals surface area contributed by atoms with E-state index in [-0.39, 0.29) is 41.1 Å². The van der Waals surface area contributed by atoms with E-state index in [0.29, 0.717) is 17.8 Å². The quantitative estimate of drug-likeness (QED) is 0.280. The number of hydrogen-bond donors (Lipinski definition) is 2. The lowest BCUT2D eigenvalue weighted by Gasteiger charge is -2.21. The Kier molecular flexibility index (Phi) is 9.97. The van der Waals surface area contributed by atoms with Gasteiger partial charge in [-0.3, -0.25) is 0 Å². The van der Waals surface area contributed by atoms with Crippen molar-refractivity contribution in [3.05, 3.63) is 82.5 Å². The van der Waals surface area contributed by atoms with E-state index in [2.05, 4.69) is 9.71 Å². The first-order valence-corrected chi connectivity index (χ1v) is 12.9. The maximum absolute atomic E-state index is 13.0. The van der Waals surface area contributed by atoms with E-state index in [4.69, 9.17) is 25.8 Å². The fourth-order valence-electron chi connectivity index (χ4n) is 3.11. The van der Waals surface area contributed by atoms with Crippen LogP contribution in [0.3, 0.4) is 0 Å². The van der Waals surface area contributed by atoms with Crippen LogP contribution in [0.5, 0.6) is 17.4 Å². The van der Waals surface area contributed by atoms with Gasteiger partial charge in [0.25, 0.3) is 0 Å². The number of alkyl halides is 3. The molecule has 0 fully saturated rings. The number of halogens is 4. The molecule has 0 atom stereocenters. The number of hydrogen-bond acceptors (Lipinski definition) is 7. The zero-order chi connectivity index (χ0) is 28.6. The molecule has 1 heterocycles. The van der Waals surface area contributed by atoms with E-state index in [1.807, 2.05) is 0 Å². The highest BCUT2D eigenvalue weighted by Gasteiger charge is 2.32. The maximum atomic E-state index is 13.0. The van der Waals surface area contributed by atoms with Crippen LogP contribution >= 0.6 is 11.6 Å². The Bertz CT molecular complexity index is 1390. The van der Waals surface area contributed by atoms with E-state index in [0.717, 1.165) is 0 Å². The smallest absolute Gasteiger partial charge is 0.422 e. The monoisotopic (exact) mass is 589 g/mol. The summed E-state index contributed by atoms with van der Waals surface area (Å²) in [5.41, 5.74) is -0.486. The second kappa shape index (κ2) is 13.0.